The molecule has 0 spiro atoms. The van der Waals surface area contributed by atoms with E-state index in [9.17, 15) is 10.1 Å². The highest BCUT2D eigenvalue weighted by Crippen LogP contribution is 2.24. The van der Waals surface area contributed by atoms with Crippen LogP contribution >= 0.6 is 15.9 Å². The Hall–Kier alpha value is -0.940. The van der Waals surface area contributed by atoms with Crippen molar-refractivity contribution < 1.29 is 4.92 Å². The van der Waals surface area contributed by atoms with E-state index in [2.05, 4.69) is 22.9 Å². The van der Waals surface area contributed by atoms with Gasteiger partial charge >= 0.3 is 0 Å². The van der Waals surface area contributed by atoms with Gasteiger partial charge in [-0.3, -0.25) is 10.1 Å². The van der Waals surface area contributed by atoms with Gasteiger partial charge < -0.3 is 5.73 Å². The Morgan fingerprint density at radius 1 is 1.47 bits per heavy atom. The molecule has 17 heavy (non-hydrogen) atoms. The van der Waals surface area contributed by atoms with Crippen molar-refractivity contribution >= 4 is 21.6 Å². The van der Waals surface area contributed by atoms with Gasteiger partial charge in [0.1, 0.15) is 0 Å². The van der Waals surface area contributed by atoms with Gasteiger partial charge in [-0.05, 0) is 24.8 Å². The first-order chi connectivity index (χ1) is 8.04. The fourth-order valence-electron chi connectivity index (χ4n) is 1.71. The molecule has 2 N–H and O–H groups in total. The zero-order valence-electron chi connectivity index (χ0n) is 9.86. The van der Waals surface area contributed by atoms with Gasteiger partial charge in [-0.1, -0.05) is 35.3 Å². The van der Waals surface area contributed by atoms with Crippen LogP contribution in [0.4, 0.5) is 5.69 Å². The molecule has 1 aromatic carbocycles. The fraction of sp³-hybridized carbons (Fsp3) is 0.500. The van der Waals surface area contributed by atoms with E-state index in [4.69, 9.17) is 5.73 Å². The van der Waals surface area contributed by atoms with Gasteiger partial charge in [0.15, 0.2) is 0 Å². The average molecular weight is 301 g/mol. The third-order valence-electron chi connectivity index (χ3n) is 2.69. The first-order valence-electron chi connectivity index (χ1n) is 5.73. The van der Waals surface area contributed by atoms with Crippen molar-refractivity contribution in [3.63, 3.8) is 0 Å². The summed E-state index contributed by atoms with van der Waals surface area (Å²) in [5.41, 5.74) is 7.12. The minimum absolute atomic E-state index is 0.110. The number of nitrogens with two attached hydrogens (primary N) is 1. The van der Waals surface area contributed by atoms with Gasteiger partial charge in [-0.2, -0.15) is 0 Å². The number of nitro groups is 1. The molecule has 0 fully saturated rings. The molecular weight excluding hydrogens is 284 g/mol. The van der Waals surface area contributed by atoms with Crippen molar-refractivity contribution in [3.05, 3.63) is 38.3 Å². The predicted octanol–water partition coefficient (Wildman–Crippen LogP) is 3.42. The highest BCUT2D eigenvalue weighted by molar-refractivity contribution is 9.10. The molecule has 5 heteroatoms. The molecule has 1 unspecified atom stereocenters. The van der Waals surface area contributed by atoms with Crippen LogP contribution in [-0.4, -0.2) is 11.0 Å². The lowest BCUT2D eigenvalue weighted by atomic mass is 10.0. The smallest absolute Gasteiger partial charge is 0.270 e. The van der Waals surface area contributed by atoms with Crippen LogP contribution in [0.15, 0.2) is 22.7 Å². The number of hydrogen-bond acceptors (Lipinski definition) is 3. The molecule has 0 radical (unpaired) electrons. The van der Waals surface area contributed by atoms with Crippen molar-refractivity contribution in [2.75, 3.05) is 0 Å². The van der Waals surface area contributed by atoms with E-state index in [0.29, 0.717) is 0 Å². The van der Waals surface area contributed by atoms with Crippen molar-refractivity contribution in [1.29, 1.82) is 0 Å². The van der Waals surface area contributed by atoms with E-state index in [1.165, 1.54) is 6.07 Å². The van der Waals surface area contributed by atoms with Crippen LogP contribution in [0.3, 0.4) is 0 Å². The van der Waals surface area contributed by atoms with Gasteiger partial charge in [0.05, 0.1) is 4.92 Å². The number of aryl methyl sites for hydroxylation is 1. The molecule has 0 amide bonds. The maximum atomic E-state index is 10.6. The molecule has 4 nitrogen and oxygen atoms in total. The number of rotatable bonds is 6. The van der Waals surface area contributed by atoms with Gasteiger partial charge in [0.25, 0.3) is 5.69 Å². The van der Waals surface area contributed by atoms with E-state index in [1.54, 1.807) is 12.1 Å². The standard InChI is InChI=1S/C12H17BrN2O2/c1-2-3-10(14)6-4-9-5-7-11(15(16)17)8-12(9)13/h5,7-8,10H,2-4,6,14H2,1H3. The molecule has 94 valence electrons. The van der Waals surface area contributed by atoms with E-state index < -0.39 is 4.92 Å². The molecule has 0 bridgehead atoms. The van der Waals surface area contributed by atoms with Crippen molar-refractivity contribution in [1.82, 2.24) is 0 Å². The maximum absolute atomic E-state index is 10.6. The Morgan fingerprint density at radius 3 is 2.71 bits per heavy atom. The molecular formula is C12H17BrN2O2. The summed E-state index contributed by atoms with van der Waals surface area (Å²) in [6.45, 7) is 2.11. The second-order valence-corrected chi connectivity index (χ2v) is 4.97. The highest BCUT2D eigenvalue weighted by atomic mass is 79.9. The molecule has 1 atom stereocenters. The van der Waals surface area contributed by atoms with Crippen molar-refractivity contribution in [2.24, 2.45) is 5.73 Å². The normalized spacial score (nSPS) is 12.4. The Bertz CT molecular complexity index is 396. The van der Waals surface area contributed by atoms with Crippen LogP contribution in [0.2, 0.25) is 0 Å². The van der Waals surface area contributed by atoms with Crippen LogP contribution in [0.25, 0.3) is 0 Å². The molecule has 0 saturated carbocycles. The third kappa shape index (κ3) is 4.44. The quantitative estimate of drug-likeness (QED) is 0.646. The SMILES string of the molecule is CCCC(N)CCc1ccc([N+](=O)[O-])cc1Br. The minimum atomic E-state index is -0.392. The second kappa shape index (κ2) is 6.71. The molecule has 0 aliphatic carbocycles. The monoisotopic (exact) mass is 300 g/mol. The lowest BCUT2D eigenvalue weighted by Crippen LogP contribution is -2.20. The Kier molecular flexibility index (Phi) is 5.58. The lowest BCUT2D eigenvalue weighted by molar-refractivity contribution is -0.384. The first kappa shape index (κ1) is 14.1. The number of nitrogens with zero attached hydrogens (tertiary/aromatic N) is 1. The number of benzene rings is 1. The molecule has 0 heterocycles. The average Bonchev–Trinajstić information content (AvgIpc) is 2.27. The summed E-state index contributed by atoms with van der Waals surface area (Å²) in [5.74, 6) is 0. The van der Waals surface area contributed by atoms with Gasteiger partial charge in [0, 0.05) is 22.6 Å². The van der Waals surface area contributed by atoms with E-state index in [-0.39, 0.29) is 11.7 Å². The second-order valence-electron chi connectivity index (χ2n) is 4.12. The van der Waals surface area contributed by atoms with Crippen LogP contribution in [0.1, 0.15) is 31.7 Å². The molecule has 0 aliphatic rings. The van der Waals surface area contributed by atoms with Gasteiger partial charge in [-0.15, -0.1) is 0 Å². The number of halogens is 1. The summed E-state index contributed by atoms with van der Waals surface area (Å²) >= 11 is 3.36. The minimum Gasteiger partial charge on any atom is -0.328 e. The summed E-state index contributed by atoms with van der Waals surface area (Å²) < 4.78 is 0.787. The van der Waals surface area contributed by atoms with E-state index in [1.807, 2.05) is 0 Å². The molecule has 1 aromatic rings. The van der Waals surface area contributed by atoms with Gasteiger partial charge in [-0.25, -0.2) is 0 Å². The largest absolute Gasteiger partial charge is 0.328 e. The number of hydrogen-bond donors (Lipinski definition) is 1. The number of non-ortho nitro benzene ring substituents is 1. The summed E-state index contributed by atoms with van der Waals surface area (Å²) in [7, 11) is 0. The Balaban J connectivity index is 2.63. The first-order valence-corrected chi connectivity index (χ1v) is 6.52. The van der Waals surface area contributed by atoms with Crippen molar-refractivity contribution in [2.45, 2.75) is 38.6 Å². The summed E-state index contributed by atoms with van der Waals surface area (Å²) in [4.78, 5) is 10.2. The third-order valence-corrected chi connectivity index (χ3v) is 3.43. The lowest BCUT2D eigenvalue weighted by Gasteiger charge is -2.10. The molecule has 1 rings (SSSR count). The van der Waals surface area contributed by atoms with E-state index in [0.717, 1.165) is 35.7 Å². The zero-order chi connectivity index (χ0) is 12.8. The predicted molar refractivity (Wildman–Crippen MR) is 72.0 cm³/mol. The fourth-order valence-corrected chi connectivity index (χ4v) is 2.27. The highest BCUT2D eigenvalue weighted by Gasteiger charge is 2.10. The van der Waals surface area contributed by atoms with Crippen LogP contribution in [-0.2, 0) is 6.42 Å². The molecule has 0 aromatic heterocycles. The Labute approximate surface area is 109 Å². The summed E-state index contributed by atoms with van der Waals surface area (Å²) in [5, 5.41) is 10.6. The molecule has 0 aliphatic heterocycles. The number of nitro benzene ring substituents is 1. The van der Waals surface area contributed by atoms with Crippen LogP contribution < -0.4 is 5.73 Å². The van der Waals surface area contributed by atoms with Crippen LogP contribution in [0, 0.1) is 10.1 Å². The van der Waals surface area contributed by atoms with Crippen LogP contribution in [0.5, 0.6) is 0 Å². The van der Waals surface area contributed by atoms with E-state index >= 15 is 0 Å². The van der Waals surface area contributed by atoms with Crippen molar-refractivity contribution in [3.8, 4) is 0 Å². The Morgan fingerprint density at radius 2 is 2.18 bits per heavy atom. The van der Waals surface area contributed by atoms with Gasteiger partial charge in [0.2, 0.25) is 0 Å². The molecule has 0 saturated heterocycles. The topological polar surface area (TPSA) is 69.2 Å². The summed E-state index contributed by atoms with van der Waals surface area (Å²) in [6.07, 6.45) is 3.86. The zero-order valence-corrected chi connectivity index (χ0v) is 11.4. The summed E-state index contributed by atoms with van der Waals surface area (Å²) in [6, 6.07) is 5.08. The maximum Gasteiger partial charge on any atom is 0.270 e.